The standard InChI is InChI=1S/C17H26N4O2/c1-21(2)15-8-7-13(11-19-15)12-20-16(22)9-10-18-17(23)14-5-3-4-6-14/h7-8,11,14H,3-6,9-10,12H2,1-2H3,(H,18,23)(H,20,22). The average Bonchev–Trinajstić information content (AvgIpc) is 3.07. The van der Waals surface area contributed by atoms with Crippen molar-refractivity contribution < 1.29 is 9.59 Å². The van der Waals surface area contributed by atoms with Crippen molar-refractivity contribution in [3.05, 3.63) is 23.9 Å². The Morgan fingerprint density at radius 3 is 2.57 bits per heavy atom. The van der Waals surface area contributed by atoms with E-state index in [-0.39, 0.29) is 17.7 Å². The summed E-state index contributed by atoms with van der Waals surface area (Å²) in [6, 6.07) is 3.87. The van der Waals surface area contributed by atoms with Crippen molar-refractivity contribution in [3.63, 3.8) is 0 Å². The van der Waals surface area contributed by atoms with Gasteiger partial charge in [-0.15, -0.1) is 0 Å². The normalized spacial score (nSPS) is 14.5. The molecular formula is C17H26N4O2. The zero-order chi connectivity index (χ0) is 16.7. The lowest BCUT2D eigenvalue weighted by atomic mass is 10.1. The molecule has 1 heterocycles. The Balaban J connectivity index is 1.63. The number of hydrogen-bond donors (Lipinski definition) is 2. The second-order valence-electron chi connectivity index (χ2n) is 6.22. The summed E-state index contributed by atoms with van der Waals surface area (Å²) in [6.07, 6.45) is 6.31. The molecule has 1 aliphatic rings. The number of carbonyl (C=O) groups excluding carboxylic acids is 2. The maximum Gasteiger partial charge on any atom is 0.223 e. The highest BCUT2D eigenvalue weighted by molar-refractivity contribution is 5.80. The van der Waals surface area contributed by atoms with Crippen LogP contribution in [-0.2, 0) is 16.1 Å². The summed E-state index contributed by atoms with van der Waals surface area (Å²) >= 11 is 0. The molecular weight excluding hydrogens is 292 g/mol. The fourth-order valence-corrected chi connectivity index (χ4v) is 2.71. The molecule has 6 heteroatoms. The van der Waals surface area contributed by atoms with Gasteiger partial charge in [-0.2, -0.15) is 0 Å². The zero-order valence-electron chi connectivity index (χ0n) is 14.0. The van der Waals surface area contributed by atoms with Crippen molar-refractivity contribution in [2.45, 2.75) is 38.6 Å². The average molecular weight is 318 g/mol. The van der Waals surface area contributed by atoms with E-state index in [1.807, 2.05) is 31.1 Å². The van der Waals surface area contributed by atoms with E-state index in [1.165, 1.54) is 0 Å². The summed E-state index contributed by atoms with van der Waals surface area (Å²) in [5, 5.41) is 5.70. The molecule has 2 rings (SSSR count). The first kappa shape index (κ1) is 17.2. The van der Waals surface area contributed by atoms with Crippen LogP contribution in [0.25, 0.3) is 0 Å². The maximum absolute atomic E-state index is 11.8. The molecule has 1 aromatic heterocycles. The highest BCUT2D eigenvalue weighted by Crippen LogP contribution is 2.24. The van der Waals surface area contributed by atoms with Crippen LogP contribution < -0.4 is 15.5 Å². The number of nitrogens with one attached hydrogen (secondary N) is 2. The van der Waals surface area contributed by atoms with Gasteiger partial charge in [-0.1, -0.05) is 18.9 Å². The zero-order valence-corrected chi connectivity index (χ0v) is 14.0. The third-order valence-corrected chi connectivity index (χ3v) is 4.13. The summed E-state index contributed by atoms with van der Waals surface area (Å²) in [7, 11) is 3.87. The van der Waals surface area contributed by atoms with Gasteiger partial charge in [-0.05, 0) is 24.5 Å². The van der Waals surface area contributed by atoms with Gasteiger partial charge in [0.05, 0.1) is 0 Å². The molecule has 1 aromatic rings. The highest BCUT2D eigenvalue weighted by Gasteiger charge is 2.22. The first-order valence-corrected chi connectivity index (χ1v) is 8.23. The predicted molar refractivity (Wildman–Crippen MR) is 90.0 cm³/mol. The molecule has 1 fully saturated rings. The van der Waals surface area contributed by atoms with Crippen LogP contribution in [0.1, 0.15) is 37.7 Å². The molecule has 0 aliphatic heterocycles. The van der Waals surface area contributed by atoms with Gasteiger partial charge in [0, 0.05) is 45.7 Å². The molecule has 6 nitrogen and oxygen atoms in total. The van der Waals surface area contributed by atoms with Crippen LogP contribution in [0, 0.1) is 5.92 Å². The monoisotopic (exact) mass is 318 g/mol. The van der Waals surface area contributed by atoms with Crippen molar-refractivity contribution in [3.8, 4) is 0 Å². The highest BCUT2D eigenvalue weighted by atomic mass is 16.2. The van der Waals surface area contributed by atoms with Gasteiger partial charge >= 0.3 is 0 Å². The summed E-state index contributed by atoms with van der Waals surface area (Å²) in [5.74, 6) is 1.07. The molecule has 2 amide bonds. The second-order valence-corrected chi connectivity index (χ2v) is 6.22. The van der Waals surface area contributed by atoms with Crippen LogP contribution in [-0.4, -0.2) is 37.4 Å². The Morgan fingerprint density at radius 1 is 1.22 bits per heavy atom. The Morgan fingerprint density at radius 2 is 1.96 bits per heavy atom. The van der Waals surface area contributed by atoms with Crippen LogP contribution in [0.4, 0.5) is 5.82 Å². The van der Waals surface area contributed by atoms with E-state index < -0.39 is 0 Å². The van der Waals surface area contributed by atoms with Gasteiger partial charge in [0.25, 0.3) is 0 Å². The van der Waals surface area contributed by atoms with E-state index >= 15 is 0 Å². The number of amides is 2. The minimum absolute atomic E-state index is 0.0617. The Labute approximate surface area is 137 Å². The third-order valence-electron chi connectivity index (χ3n) is 4.13. The number of aromatic nitrogens is 1. The third kappa shape index (κ3) is 5.54. The molecule has 0 atom stereocenters. The maximum atomic E-state index is 11.8. The van der Waals surface area contributed by atoms with E-state index in [2.05, 4.69) is 15.6 Å². The molecule has 0 saturated heterocycles. The van der Waals surface area contributed by atoms with Gasteiger partial charge in [0.1, 0.15) is 5.82 Å². The predicted octanol–water partition coefficient (Wildman–Crippen LogP) is 1.46. The van der Waals surface area contributed by atoms with E-state index in [4.69, 9.17) is 0 Å². The number of hydrogen-bond acceptors (Lipinski definition) is 4. The number of pyridine rings is 1. The van der Waals surface area contributed by atoms with Crippen LogP contribution in [0.5, 0.6) is 0 Å². The number of anilines is 1. The minimum Gasteiger partial charge on any atom is -0.363 e. The summed E-state index contributed by atoms with van der Waals surface area (Å²) in [5.41, 5.74) is 0.957. The van der Waals surface area contributed by atoms with Crippen molar-refractivity contribution >= 4 is 17.6 Å². The Bertz CT molecular complexity index is 522. The van der Waals surface area contributed by atoms with Crippen molar-refractivity contribution in [1.82, 2.24) is 15.6 Å². The van der Waals surface area contributed by atoms with Crippen molar-refractivity contribution in [2.24, 2.45) is 5.92 Å². The molecule has 0 spiro atoms. The van der Waals surface area contributed by atoms with Gasteiger partial charge < -0.3 is 15.5 Å². The first-order valence-electron chi connectivity index (χ1n) is 8.23. The molecule has 23 heavy (non-hydrogen) atoms. The van der Waals surface area contributed by atoms with Crippen LogP contribution >= 0.6 is 0 Å². The Kier molecular flexibility index (Phi) is 6.38. The van der Waals surface area contributed by atoms with Crippen LogP contribution in [0.15, 0.2) is 18.3 Å². The number of nitrogens with zero attached hydrogens (tertiary/aromatic N) is 2. The molecule has 0 bridgehead atoms. The molecule has 126 valence electrons. The van der Waals surface area contributed by atoms with Gasteiger partial charge in [0.2, 0.25) is 11.8 Å². The minimum atomic E-state index is -0.0617. The summed E-state index contributed by atoms with van der Waals surface area (Å²) in [6.45, 7) is 0.856. The van der Waals surface area contributed by atoms with E-state index in [0.717, 1.165) is 37.1 Å². The van der Waals surface area contributed by atoms with E-state index in [0.29, 0.717) is 19.5 Å². The van der Waals surface area contributed by atoms with Crippen LogP contribution in [0.2, 0.25) is 0 Å². The largest absolute Gasteiger partial charge is 0.363 e. The summed E-state index contributed by atoms with van der Waals surface area (Å²) < 4.78 is 0. The van der Waals surface area contributed by atoms with Crippen LogP contribution in [0.3, 0.4) is 0 Å². The fraction of sp³-hybridized carbons (Fsp3) is 0.588. The van der Waals surface area contributed by atoms with E-state index in [9.17, 15) is 9.59 Å². The Hall–Kier alpha value is -2.11. The van der Waals surface area contributed by atoms with Crippen molar-refractivity contribution in [2.75, 3.05) is 25.5 Å². The fourth-order valence-electron chi connectivity index (χ4n) is 2.71. The lowest BCUT2D eigenvalue weighted by Crippen LogP contribution is -2.33. The summed E-state index contributed by atoms with van der Waals surface area (Å²) in [4.78, 5) is 29.9. The van der Waals surface area contributed by atoms with E-state index in [1.54, 1.807) is 6.20 Å². The molecule has 0 radical (unpaired) electrons. The smallest absolute Gasteiger partial charge is 0.223 e. The molecule has 1 saturated carbocycles. The number of rotatable bonds is 7. The molecule has 0 aromatic carbocycles. The lowest BCUT2D eigenvalue weighted by molar-refractivity contribution is -0.125. The lowest BCUT2D eigenvalue weighted by Gasteiger charge is -2.12. The number of carbonyl (C=O) groups is 2. The molecule has 1 aliphatic carbocycles. The van der Waals surface area contributed by atoms with Gasteiger partial charge in [-0.3, -0.25) is 9.59 Å². The quantitative estimate of drug-likeness (QED) is 0.798. The topological polar surface area (TPSA) is 74.3 Å². The second kappa shape index (κ2) is 8.50. The SMILES string of the molecule is CN(C)c1ccc(CNC(=O)CCNC(=O)C2CCCC2)cn1. The van der Waals surface area contributed by atoms with Gasteiger partial charge in [-0.25, -0.2) is 4.98 Å². The first-order chi connectivity index (χ1) is 11.1. The molecule has 0 unspecified atom stereocenters. The molecule has 2 N–H and O–H groups in total. The van der Waals surface area contributed by atoms with Crippen molar-refractivity contribution in [1.29, 1.82) is 0 Å². The van der Waals surface area contributed by atoms with Gasteiger partial charge in [0.15, 0.2) is 0 Å².